The lowest BCUT2D eigenvalue weighted by Gasteiger charge is -2.40. The molecular weight excluding hydrogens is 228 g/mol. The Morgan fingerprint density at radius 3 is 2.61 bits per heavy atom. The van der Waals surface area contributed by atoms with Crippen LogP contribution in [0.2, 0.25) is 0 Å². The summed E-state index contributed by atoms with van der Waals surface area (Å²) in [5.41, 5.74) is 0. The minimum atomic E-state index is -0.206. The first-order valence-electron chi connectivity index (χ1n) is 7.35. The van der Waals surface area contributed by atoms with E-state index in [-0.39, 0.29) is 24.2 Å². The second kappa shape index (κ2) is 5.91. The van der Waals surface area contributed by atoms with Crippen molar-refractivity contribution < 1.29 is 9.90 Å². The van der Waals surface area contributed by atoms with Crippen LogP contribution in [-0.2, 0) is 0 Å². The first-order valence-corrected chi connectivity index (χ1v) is 7.35. The van der Waals surface area contributed by atoms with E-state index in [2.05, 4.69) is 5.32 Å². The van der Waals surface area contributed by atoms with Crippen LogP contribution in [0.25, 0.3) is 0 Å². The van der Waals surface area contributed by atoms with Crippen LogP contribution < -0.4 is 5.32 Å². The summed E-state index contributed by atoms with van der Waals surface area (Å²) in [6.45, 7) is 4.81. The Bertz CT molecular complexity index is 294. The fourth-order valence-corrected chi connectivity index (χ4v) is 3.40. The quantitative estimate of drug-likeness (QED) is 0.793. The number of likely N-dealkylation sites (tertiary alicyclic amines) is 1. The molecule has 1 aliphatic heterocycles. The number of nitrogens with zero attached hydrogens (tertiary/aromatic N) is 1. The molecule has 3 unspecified atom stereocenters. The Balaban J connectivity index is 2.03. The predicted molar refractivity (Wildman–Crippen MR) is 71.4 cm³/mol. The number of hydrogen-bond acceptors (Lipinski definition) is 2. The van der Waals surface area contributed by atoms with Gasteiger partial charge in [0.1, 0.15) is 0 Å². The molecule has 0 aromatic rings. The van der Waals surface area contributed by atoms with E-state index in [1.807, 2.05) is 18.7 Å². The van der Waals surface area contributed by atoms with Crippen molar-refractivity contribution in [2.45, 2.75) is 70.6 Å². The number of hydrogen-bond donors (Lipinski definition) is 2. The molecule has 1 saturated carbocycles. The summed E-state index contributed by atoms with van der Waals surface area (Å²) in [6, 6.07) is 0.470. The van der Waals surface area contributed by atoms with Gasteiger partial charge in [-0.05, 0) is 46.0 Å². The number of nitrogens with one attached hydrogen (secondary N) is 1. The lowest BCUT2D eigenvalue weighted by Crippen LogP contribution is -2.53. The maximum absolute atomic E-state index is 12.2. The largest absolute Gasteiger partial charge is 0.393 e. The zero-order valence-corrected chi connectivity index (χ0v) is 11.6. The Morgan fingerprint density at radius 1 is 1.22 bits per heavy atom. The summed E-state index contributed by atoms with van der Waals surface area (Å²) in [7, 11) is 0. The average Bonchev–Trinajstić information content (AvgIpc) is 2.74. The minimum Gasteiger partial charge on any atom is -0.393 e. The van der Waals surface area contributed by atoms with Gasteiger partial charge in [0.15, 0.2) is 0 Å². The number of aliphatic hydroxyl groups excluding tert-OH is 1. The molecule has 104 valence electrons. The highest BCUT2D eigenvalue weighted by Crippen LogP contribution is 2.35. The third kappa shape index (κ3) is 2.97. The van der Waals surface area contributed by atoms with Crippen LogP contribution in [-0.4, -0.2) is 40.8 Å². The third-order valence-electron chi connectivity index (χ3n) is 4.25. The van der Waals surface area contributed by atoms with Crippen LogP contribution in [0.1, 0.15) is 52.4 Å². The van der Waals surface area contributed by atoms with E-state index in [0.29, 0.717) is 5.92 Å². The summed E-state index contributed by atoms with van der Waals surface area (Å²) < 4.78 is 0. The first-order chi connectivity index (χ1) is 8.59. The highest BCUT2D eigenvalue weighted by Gasteiger charge is 2.38. The van der Waals surface area contributed by atoms with Crippen LogP contribution in [0, 0.1) is 5.92 Å². The van der Waals surface area contributed by atoms with Crippen molar-refractivity contribution in [1.29, 1.82) is 0 Å². The molecule has 1 aliphatic carbocycles. The molecule has 2 rings (SSSR count). The lowest BCUT2D eigenvalue weighted by atomic mass is 9.88. The van der Waals surface area contributed by atoms with Crippen LogP contribution in [0.4, 0.5) is 4.79 Å². The van der Waals surface area contributed by atoms with Gasteiger partial charge >= 0.3 is 6.03 Å². The second-order valence-corrected chi connectivity index (χ2v) is 6.02. The summed E-state index contributed by atoms with van der Waals surface area (Å²) in [4.78, 5) is 14.2. The van der Waals surface area contributed by atoms with Crippen molar-refractivity contribution in [3.63, 3.8) is 0 Å². The number of carbonyl (C=O) groups is 1. The Hall–Kier alpha value is -0.770. The van der Waals surface area contributed by atoms with Gasteiger partial charge in [0.2, 0.25) is 0 Å². The molecule has 2 amide bonds. The number of urea groups is 1. The maximum atomic E-state index is 12.2. The zero-order chi connectivity index (χ0) is 13.1. The SMILES string of the molecule is CC(C)NC(=O)N1CCCCC1C1CCCC1O. The Morgan fingerprint density at radius 2 is 2.00 bits per heavy atom. The molecule has 0 aromatic carbocycles. The van der Waals surface area contributed by atoms with Crippen LogP contribution in [0.5, 0.6) is 0 Å². The third-order valence-corrected chi connectivity index (χ3v) is 4.25. The van der Waals surface area contributed by atoms with Gasteiger partial charge in [-0.25, -0.2) is 4.79 Å². The van der Waals surface area contributed by atoms with Crippen molar-refractivity contribution in [2.75, 3.05) is 6.54 Å². The van der Waals surface area contributed by atoms with Gasteiger partial charge < -0.3 is 15.3 Å². The van der Waals surface area contributed by atoms with Crippen molar-refractivity contribution >= 4 is 6.03 Å². The number of aliphatic hydroxyl groups is 1. The fraction of sp³-hybridized carbons (Fsp3) is 0.929. The van der Waals surface area contributed by atoms with E-state index in [9.17, 15) is 9.90 Å². The van der Waals surface area contributed by atoms with Crippen molar-refractivity contribution in [1.82, 2.24) is 10.2 Å². The van der Waals surface area contributed by atoms with Crippen LogP contribution in [0.15, 0.2) is 0 Å². The number of rotatable bonds is 2. The standard InChI is InChI=1S/C14H26N2O2/c1-10(2)15-14(18)16-9-4-3-7-12(16)11-6-5-8-13(11)17/h10-13,17H,3-9H2,1-2H3,(H,15,18). The van der Waals surface area contributed by atoms with Crippen molar-refractivity contribution in [3.05, 3.63) is 0 Å². The highest BCUT2D eigenvalue weighted by molar-refractivity contribution is 5.75. The molecule has 0 spiro atoms. The normalized spacial score (nSPS) is 32.9. The number of piperidine rings is 1. The van der Waals surface area contributed by atoms with E-state index in [0.717, 1.165) is 38.6 Å². The van der Waals surface area contributed by atoms with E-state index in [1.54, 1.807) is 0 Å². The van der Waals surface area contributed by atoms with E-state index in [1.165, 1.54) is 6.42 Å². The molecule has 1 saturated heterocycles. The van der Waals surface area contributed by atoms with E-state index < -0.39 is 0 Å². The summed E-state index contributed by atoms with van der Waals surface area (Å²) in [6.07, 6.45) is 6.18. The molecule has 0 radical (unpaired) electrons. The molecule has 0 bridgehead atoms. The molecule has 4 nitrogen and oxygen atoms in total. The topological polar surface area (TPSA) is 52.6 Å². The molecule has 1 heterocycles. The van der Waals surface area contributed by atoms with Gasteiger partial charge in [0, 0.05) is 24.5 Å². The Kier molecular flexibility index (Phi) is 4.49. The fourth-order valence-electron chi connectivity index (χ4n) is 3.40. The molecule has 4 heteroatoms. The highest BCUT2D eigenvalue weighted by atomic mass is 16.3. The van der Waals surface area contributed by atoms with Gasteiger partial charge in [0.25, 0.3) is 0 Å². The molecule has 0 aromatic heterocycles. The average molecular weight is 254 g/mol. The molecule has 2 N–H and O–H groups in total. The molecular formula is C14H26N2O2. The zero-order valence-electron chi connectivity index (χ0n) is 11.6. The Labute approximate surface area is 110 Å². The van der Waals surface area contributed by atoms with Gasteiger partial charge in [-0.1, -0.05) is 6.42 Å². The van der Waals surface area contributed by atoms with Crippen LogP contribution in [0.3, 0.4) is 0 Å². The van der Waals surface area contributed by atoms with E-state index in [4.69, 9.17) is 0 Å². The lowest BCUT2D eigenvalue weighted by molar-refractivity contribution is 0.0523. The summed E-state index contributed by atoms with van der Waals surface area (Å²) in [5, 5.41) is 13.1. The number of amides is 2. The van der Waals surface area contributed by atoms with Crippen LogP contribution >= 0.6 is 0 Å². The second-order valence-electron chi connectivity index (χ2n) is 6.02. The summed E-state index contributed by atoms with van der Waals surface area (Å²) >= 11 is 0. The molecule has 3 atom stereocenters. The first kappa shape index (κ1) is 13.7. The van der Waals surface area contributed by atoms with Gasteiger partial charge in [-0.3, -0.25) is 0 Å². The summed E-state index contributed by atoms with van der Waals surface area (Å²) in [5.74, 6) is 0.295. The van der Waals surface area contributed by atoms with Crippen molar-refractivity contribution in [3.8, 4) is 0 Å². The van der Waals surface area contributed by atoms with Gasteiger partial charge in [0.05, 0.1) is 6.10 Å². The molecule has 2 fully saturated rings. The maximum Gasteiger partial charge on any atom is 0.317 e. The minimum absolute atomic E-state index is 0.0498. The predicted octanol–water partition coefficient (Wildman–Crippen LogP) is 2.12. The smallest absolute Gasteiger partial charge is 0.317 e. The van der Waals surface area contributed by atoms with E-state index >= 15 is 0 Å². The number of carbonyl (C=O) groups excluding carboxylic acids is 1. The molecule has 18 heavy (non-hydrogen) atoms. The van der Waals surface area contributed by atoms with Crippen molar-refractivity contribution in [2.24, 2.45) is 5.92 Å². The molecule has 2 aliphatic rings. The monoisotopic (exact) mass is 254 g/mol. The van der Waals surface area contributed by atoms with Gasteiger partial charge in [-0.15, -0.1) is 0 Å². The van der Waals surface area contributed by atoms with Gasteiger partial charge in [-0.2, -0.15) is 0 Å².